The summed E-state index contributed by atoms with van der Waals surface area (Å²) < 4.78 is 11.2. The van der Waals surface area contributed by atoms with Crippen LogP contribution in [0.1, 0.15) is 0 Å². The molecule has 0 aliphatic heterocycles. The molecule has 112 valence electrons. The number of furan rings is 1. The average Bonchev–Trinajstić information content (AvgIpc) is 3.15. The molecule has 2 heterocycles. The molecule has 0 atom stereocenters. The van der Waals surface area contributed by atoms with Gasteiger partial charge in [0.05, 0.1) is 17.6 Å². The molecule has 0 aliphatic carbocycles. The molecule has 0 saturated heterocycles. The number of aromatic amines is 1. The number of methoxy groups -OCH3 is 1. The first-order chi connectivity index (χ1) is 10.6. The number of halogens is 1. The molecule has 0 spiro atoms. The number of nitrogens with zero attached hydrogens (tertiary/aromatic N) is 3. The van der Waals surface area contributed by atoms with Crippen LogP contribution in [0.5, 0.6) is 5.75 Å². The highest BCUT2D eigenvalue weighted by Crippen LogP contribution is 2.32. The van der Waals surface area contributed by atoms with Gasteiger partial charge in [-0.15, -0.1) is 0 Å². The molecule has 0 bridgehead atoms. The number of non-ortho nitro benzene ring substituents is 1. The van der Waals surface area contributed by atoms with E-state index in [0.29, 0.717) is 27.6 Å². The van der Waals surface area contributed by atoms with E-state index in [2.05, 4.69) is 31.1 Å². The Bertz CT molecular complexity index is 842. The topological polar surface area (TPSA) is 107 Å². The molecule has 3 rings (SSSR count). The number of nitrogens with one attached hydrogen (secondary N) is 1. The Morgan fingerprint density at radius 3 is 2.82 bits per heavy atom. The maximum Gasteiger partial charge on any atom is 0.270 e. The zero-order valence-corrected chi connectivity index (χ0v) is 12.8. The smallest absolute Gasteiger partial charge is 0.270 e. The Morgan fingerprint density at radius 1 is 1.36 bits per heavy atom. The minimum absolute atomic E-state index is 0.0668. The molecule has 1 N–H and O–H groups in total. The highest BCUT2D eigenvalue weighted by atomic mass is 79.9. The van der Waals surface area contributed by atoms with Gasteiger partial charge in [-0.1, -0.05) is 0 Å². The van der Waals surface area contributed by atoms with Gasteiger partial charge in [0.15, 0.2) is 22.1 Å². The second-order valence-corrected chi connectivity index (χ2v) is 5.03. The van der Waals surface area contributed by atoms with Crippen LogP contribution >= 0.6 is 15.9 Å². The van der Waals surface area contributed by atoms with Gasteiger partial charge in [-0.05, 0) is 34.1 Å². The second-order valence-electron chi connectivity index (χ2n) is 4.25. The van der Waals surface area contributed by atoms with Crippen molar-refractivity contribution >= 4 is 21.6 Å². The van der Waals surface area contributed by atoms with Crippen molar-refractivity contribution in [1.82, 2.24) is 15.2 Å². The van der Waals surface area contributed by atoms with Crippen LogP contribution in [0, 0.1) is 10.1 Å². The third kappa shape index (κ3) is 2.58. The van der Waals surface area contributed by atoms with Gasteiger partial charge in [0, 0.05) is 12.1 Å². The van der Waals surface area contributed by atoms with Gasteiger partial charge in [0.1, 0.15) is 5.75 Å². The van der Waals surface area contributed by atoms with Gasteiger partial charge in [-0.2, -0.15) is 5.10 Å². The SMILES string of the molecule is COc1ccc([N+](=O)[O-])cc1-c1n[nH]c(-c2ccc(Br)o2)n1. The van der Waals surface area contributed by atoms with Crippen LogP contribution in [0.15, 0.2) is 39.4 Å². The Hall–Kier alpha value is -2.68. The maximum absolute atomic E-state index is 10.9. The van der Waals surface area contributed by atoms with E-state index in [-0.39, 0.29) is 11.5 Å². The maximum atomic E-state index is 10.9. The van der Waals surface area contributed by atoms with Crippen LogP contribution in [0.3, 0.4) is 0 Å². The number of H-pyrrole nitrogens is 1. The summed E-state index contributed by atoms with van der Waals surface area (Å²) in [6.07, 6.45) is 0. The van der Waals surface area contributed by atoms with Crippen molar-refractivity contribution in [3.8, 4) is 28.7 Å². The number of benzene rings is 1. The van der Waals surface area contributed by atoms with Crippen molar-refractivity contribution in [2.45, 2.75) is 0 Å². The molecule has 3 aromatic rings. The van der Waals surface area contributed by atoms with E-state index in [9.17, 15) is 10.1 Å². The lowest BCUT2D eigenvalue weighted by Crippen LogP contribution is -1.93. The van der Waals surface area contributed by atoms with E-state index < -0.39 is 4.92 Å². The summed E-state index contributed by atoms with van der Waals surface area (Å²) in [5, 5.41) is 17.7. The lowest BCUT2D eigenvalue weighted by atomic mass is 10.1. The summed E-state index contributed by atoms with van der Waals surface area (Å²) >= 11 is 3.21. The summed E-state index contributed by atoms with van der Waals surface area (Å²) in [6, 6.07) is 7.68. The van der Waals surface area contributed by atoms with Crippen LogP contribution in [0.25, 0.3) is 23.0 Å². The van der Waals surface area contributed by atoms with Crippen molar-refractivity contribution in [1.29, 1.82) is 0 Å². The fourth-order valence-electron chi connectivity index (χ4n) is 1.92. The third-order valence-electron chi connectivity index (χ3n) is 2.93. The minimum Gasteiger partial charge on any atom is -0.496 e. The molecule has 0 radical (unpaired) electrons. The number of rotatable bonds is 4. The van der Waals surface area contributed by atoms with Gasteiger partial charge in [-0.25, -0.2) is 4.98 Å². The van der Waals surface area contributed by atoms with Gasteiger partial charge in [0.25, 0.3) is 5.69 Å². The predicted molar refractivity (Wildman–Crippen MR) is 80.4 cm³/mol. The summed E-state index contributed by atoms with van der Waals surface area (Å²) in [6.45, 7) is 0. The second kappa shape index (κ2) is 5.60. The summed E-state index contributed by atoms with van der Waals surface area (Å²) in [7, 11) is 1.47. The minimum atomic E-state index is -0.486. The van der Waals surface area contributed by atoms with Crippen molar-refractivity contribution < 1.29 is 14.1 Å². The highest BCUT2D eigenvalue weighted by molar-refractivity contribution is 9.10. The molecule has 0 saturated carbocycles. The van der Waals surface area contributed by atoms with Crippen LogP contribution in [0.2, 0.25) is 0 Å². The van der Waals surface area contributed by atoms with Gasteiger partial charge in [-0.3, -0.25) is 15.2 Å². The Balaban J connectivity index is 2.05. The largest absolute Gasteiger partial charge is 0.496 e. The standard InChI is InChI=1S/C13H9BrN4O4/c1-21-9-3-2-7(18(19)20)6-8(9)12-15-13(17-16-12)10-4-5-11(14)22-10/h2-6H,1H3,(H,15,16,17). The number of hydrogen-bond acceptors (Lipinski definition) is 6. The van der Waals surface area contributed by atoms with Crippen LogP contribution in [0.4, 0.5) is 5.69 Å². The zero-order valence-electron chi connectivity index (χ0n) is 11.2. The summed E-state index contributed by atoms with van der Waals surface area (Å²) in [5.41, 5.74) is 0.354. The summed E-state index contributed by atoms with van der Waals surface area (Å²) in [4.78, 5) is 14.7. The van der Waals surface area contributed by atoms with E-state index in [4.69, 9.17) is 9.15 Å². The van der Waals surface area contributed by atoms with E-state index in [0.717, 1.165) is 0 Å². The van der Waals surface area contributed by atoms with E-state index in [1.807, 2.05) is 0 Å². The first kappa shape index (κ1) is 14.3. The molecule has 9 heteroatoms. The quantitative estimate of drug-likeness (QED) is 0.561. The number of ether oxygens (including phenoxy) is 1. The molecule has 0 fully saturated rings. The molecule has 0 unspecified atom stereocenters. The van der Waals surface area contributed by atoms with Crippen molar-refractivity contribution in [2.24, 2.45) is 0 Å². The normalized spacial score (nSPS) is 10.6. The van der Waals surface area contributed by atoms with Crippen LogP contribution < -0.4 is 4.74 Å². The number of nitro groups is 1. The van der Waals surface area contributed by atoms with E-state index >= 15 is 0 Å². The first-order valence-corrected chi connectivity index (χ1v) is 6.88. The monoisotopic (exact) mass is 364 g/mol. The third-order valence-corrected chi connectivity index (χ3v) is 3.35. The van der Waals surface area contributed by atoms with Gasteiger partial charge >= 0.3 is 0 Å². The summed E-state index contributed by atoms with van der Waals surface area (Å²) in [5.74, 6) is 1.63. The lowest BCUT2D eigenvalue weighted by molar-refractivity contribution is -0.384. The molecule has 0 aliphatic rings. The van der Waals surface area contributed by atoms with Crippen molar-refractivity contribution in [3.63, 3.8) is 0 Å². The van der Waals surface area contributed by atoms with E-state index in [1.165, 1.54) is 25.3 Å². The zero-order chi connectivity index (χ0) is 15.7. The van der Waals surface area contributed by atoms with Crippen molar-refractivity contribution in [3.05, 3.63) is 45.1 Å². The number of aromatic nitrogens is 3. The van der Waals surface area contributed by atoms with Crippen LogP contribution in [-0.2, 0) is 0 Å². The lowest BCUT2D eigenvalue weighted by Gasteiger charge is -2.04. The van der Waals surface area contributed by atoms with Gasteiger partial charge in [0.2, 0.25) is 0 Å². The van der Waals surface area contributed by atoms with Crippen molar-refractivity contribution in [2.75, 3.05) is 7.11 Å². The number of nitro benzene ring substituents is 1. The molecular weight excluding hydrogens is 356 g/mol. The first-order valence-electron chi connectivity index (χ1n) is 6.09. The highest BCUT2D eigenvalue weighted by Gasteiger charge is 2.18. The predicted octanol–water partition coefficient (Wildman–Crippen LogP) is 3.41. The fourth-order valence-corrected chi connectivity index (χ4v) is 2.22. The fraction of sp³-hybridized carbons (Fsp3) is 0.0769. The molecular formula is C13H9BrN4O4. The molecule has 22 heavy (non-hydrogen) atoms. The average molecular weight is 365 g/mol. The molecule has 8 nitrogen and oxygen atoms in total. The molecule has 0 amide bonds. The Labute approximate surface area is 132 Å². The van der Waals surface area contributed by atoms with E-state index in [1.54, 1.807) is 12.1 Å². The van der Waals surface area contributed by atoms with Gasteiger partial charge < -0.3 is 9.15 Å². The Kier molecular flexibility index (Phi) is 3.63. The molecule has 1 aromatic carbocycles. The molecule has 2 aromatic heterocycles. The number of hydrogen-bond donors (Lipinski definition) is 1. The Morgan fingerprint density at radius 2 is 2.18 bits per heavy atom. The van der Waals surface area contributed by atoms with Crippen LogP contribution in [-0.4, -0.2) is 27.2 Å².